The maximum absolute atomic E-state index is 13.5. The minimum Gasteiger partial charge on any atom is -0.495 e. The molecule has 0 saturated carbocycles. The number of hydrogen-bond donors (Lipinski definition) is 2. The van der Waals surface area contributed by atoms with Crippen LogP contribution in [0.3, 0.4) is 0 Å². The molecule has 3 aromatic rings. The van der Waals surface area contributed by atoms with Crippen molar-refractivity contribution in [2.24, 2.45) is 0 Å². The first kappa shape index (κ1) is 24.5. The minimum absolute atomic E-state index is 0.0492. The summed E-state index contributed by atoms with van der Waals surface area (Å²) in [6.07, 6.45) is 1.41. The molecule has 10 heteroatoms. The van der Waals surface area contributed by atoms with E-state index >= 15 is 0 Å². The van der Waals surface area contributed by atoms with Crippen LogP contribution in [0.15, 0.2) is 41.3 Å². The Morgan fingerprint density at radius 1 is 1.11 bits per heavy atom. The number of hydrogen-bond acceptors (Lipinski definition) is 6. The smallest absolute Gasteiger partial charge is 0.265 e. The quantitative estimate of drug-likeness (QED) is 0.503. The van der Waals surface area contributed by atoms with Gasteiger partial charge in [0.15, 0.2) is 0 Å². The summed E-state index contributed by atoms with van der Waals surface area (Å²) in [5.74, 6) is -0.155. The van der Waals surface area contributed by atoms with Gasteiger partial charge >= 0.3 is 0 Å². The van der Waals surface area contributed by atoms with E-state index in [0.717, 1.165) is 17.5 Å². The van der Waals surface area contributed by atoms with Crippen LogP contribution in [0.25, 0.3) is 11.1 Å². The number of aryl methyl sites for hydroxylation is 3. The van der Waals surface area contributed by atoms with Crippen LogP contribution in [0, 0.1) is 13.8 Å². The molecule has 0 aliphatic carbocycles. The zero-order valence-electron chi connectivity index (χ0n) is 20.1. The first-order chi connectivity index (χ1) is 16.6. The van der Waals surface area contributed by atoms with Gasteiger partial charge in [-0.15, -0.1) is 0 Å². The lowest BCUT2D eigenvalue weighted by molar-refractivity contribution is -0.116. The number of rotatable bonds is 7. The molecule has 0 saturated heterocycles. The molecule has 0 bridgehead atoms. The number of nitrogens with one attached hydrogen (secondary N) is 2. The summed E-state index contributed by atoms with van der Waals surface area (Å²) in [5, 5.41) is 7.25. The van der Waals surface area contributed by atoms with Crippen molar-refractivity contribution in [1.29, 1.82) is 0 Å². The number of aromatic nitrogens is 2. The van der Waals surface area contributed by atoms with Crippen molar-refractivity contribution in [2.45, 2.75) is 51.3 Å². The average Bonchev–Trinajstić information content (AvgIpc) is 3.10. The monoisotopic (exact) mass is 496 g/mol. The largest absolute Gasteiger partial charge is 0.495 e. The van der Waals surface area contributed by atoms with Crippen LogP contribution in [-0.4, -0.2) is 37.1 Å². The van der Waals surface area contributed by atoms with Gasteiger partial charge in [0, 0.05) is 18.4 Å². The lowest BCUT2D eigenvalue weighted by Gasteiger charge is -2.15. The summed E-state index contributed by atoms with van der Waals surface area (Å²) in [4.78, 5) is 24.9. The summed E-state index contributed by atoms with van der Waals surface area (Å²) in [7, 11) is -2.64. The van der Waals surface area contributed by atoms with Gasteiger partial charge in [-0.1, -0.05) is 37.1 Å². The number of fused-ring (bicyclic) bond motifs is 1. The highest BCUT2D eigenvalue weighted by Crippen LogP contribution is 2.38. The lowest BCUT2D eigenvalue weighted by Crippen LogP contribution is -2.15. The van der Waals surface area contributed by atoms with Crippen LogP contribution >= 0.6 is 0 Å². The third kappa shape index (κ3) is 4.79. The first-order valence-electron chi connectivity index (χ1n) is 11.4. The number of sulfonamides is 1. The Kier molecular flexibility index (Phi) is 6.66. The zero-order chi connectivity index (χ0) is 25.3. The van der Waals surface area contributed by atoms with Crippen molar-refractivity contribution in [1.82, 2.24) is 9.78 Å². The highest BCUT2D eigenvalue weighted by Gasteiger charge is 2.29. The Hall–Kier alpha value is -3.66. The molecule has 2 aromatic carbocycles. The predicted molar refractivity (Wildman–Crippen MR) is 133 cm³/mol. The van der Waals surface area contributed by atoms with Crippen LogP contribution in [0.4, 0.5) is 11.5 Å². The predicted octanol–water partition coefficient (Wildman–Crippen LogP) is 4.30. The van der Waals surface area contributed by atoms with Crippen LogP contribution in [0.2, 0.25) is 0 Å². The normalized spacial score (nSPS) is 13.7. The molecule has 4 rings (SSSR count). The number of carbonyl (C=O) groups excluding carboxylic acids is 2. The van der Waals surface area contributed by atoms with E-state index in [1.54, 1.807) is 18.2 Å². The molecular formula is C25H28N4O5S. The lowest BCUT2D eigenvalue weighted by atomic mass is 10.0. The molecule has 2 N–H and O–H groups in total. The molecule has 0 atom stereocenters. The second-order valence-electron chi connectivity index (χ2n) is 8.56. The molecule has 35 heavy (non-hydrogen) atoms. The van der Waals surface area contributed by atoms with Crippen molar-refractivity contribution >= 4 is 33.3 Å². The average molecular weight is 497 g/mol. The van der Waals surface area contributed by atoms with E-state index in [4.69, 9.17) is 4.74 Å². The number of nitrogens with zero attached hydrogens (tertiary/aromatic N) is 2. The fourth-order valence-electron chi connectivity index (χ4n) is 4.17. The molecule has 2 heterocycles. The molecule has 1 aliphatic heterocycles. The molecular weight excluding hydrogens is 468 g/mol. The summed E-state index contributed by atoms with van der Waals surface area (Å²) < 4.78 is 36.2. The van der Waals surface area contributed by atoms with Crippen molar-refractivity contribution in [3.63, 3.8) is 0 Å². The maximum Gasteiger partial charge on any atom is 0.265 e. The van der Waals surface area contributed by atoms with E-state index < -0.39 is 10.0 Å². The standard InChI is InChI=1S/C25H28N4O5S/c1-5-6-19-24(25-26-22(30)11-12-23(31)29(25)27-19)17-8-10-20(34-4)21(14-17)35(32,33)28-18-9-7-15(2)13-16(18)3/h7-10,13-14,28H,5-6,11-12H2,1-4H3,(H,26,30). The van der Waals surface area contributed by atoms with Gasteiger partial charge in [0.2, 0.25) is 11.8 Å². The Morgan fingerprint density at radius 3 is 2.57 bits per heavy atom. The summed E-state index contributed by atoms with van der Waals surface area (Å²) in [6.45, 7) is 5.74. The second kappa shape index (κ2) is 9.53. The molecule has 1 aromatic heterocycles. The maximum atomic E-state index is 13.5. The molecule has 184 valence electrons. The third-order valence-corrected chi connectivity index (χ3v) is 7.26. The number of anilines is 2. The van der Waals surface area contributed by atoms with Gasteiger partial charge in [0.05, 0.1) is 18.5 Å². The van der Waals surface area contributed by atoms with Crippen molar-refractivity contribution in [2.75, 3.05) is 17.1 Å². The fraction of sp³-hybridized carbons (Fsp3) is 0.320. The van der Waals surface area contributed by atoms with Crippen LogP contribution < -0.4 is 14.8 Å². The summed E-state index contributed by atoms with van der Waals surface area (Å²) >= 11 is 0. The van der Waals surface area contributed by atoms with Gasteiger partial charge in [0.1, 0.15) is 16.5 Å². The van der Waals surface area contributed by atoms with Gasteiger partial charge in [-0.3, -0.25) is 14.3 Å². The second-order valence-corrected chi connectivity index (χ2v) is 10.2. The number of carbonyl (C=O) groups is 2. The SMILES string of the molecule is CCCc1nn2c(c1-c1ccc(OC)c(S(=O)(=O)Nc3ccc(C)cc3C)c1)NC(=O)CCC2=O. The molecule has 0 fully saturated rings. The molecule has 9 nitrogen and oxygen atoms in total. The van der Waals surface area contributed by atoms with Gasteiger partial charge in [0.25, 0.3) is 10.0 Å². The van der Waals surface area contributed by atoms with Crippen LogP contribution in [0.5, 0.6) is 5.75 Å². The van der Waals surface area contributed by atoms with Gasteiger partial charge < -0.3 is 10.1 Å². The molecule has 0 radical (unpaired) electrons. The van der Waals surface area contributed by atoms with Crippen molar-refractivity contribution in [3.8, 4) is 16.9 Å². The number of benzene rings is 2. The number of ether oxygens (including phenoxy) is 1. The van der Waals surface area contributed by atoms with E-state index in [-0.39, 0.29) is 41.1 Å². The van der Waals surface area contributed by atoms with Crippen molar-refractivity contribution in [3.05, 3.63) is 53.2 Å². The Labute approximate surface area is 204 Å². The van der Waals surface area contributed by atoms with E-state index in [0.29, 0.717) is 28.9 Å². The number of amides is 1. The van der Waals surface area contributed by atoms with E-state index in [9.17, 15) is 18.0 Å². The highest BCUT2D eigenvalue weighted by atomic mass is 32.2. The number of methoxy groups -OCH3 is 1. The molecule has 1 aliphatic rings. The van der Waals surface area contributed by atoms with E-state index in [1.165, 1.54) is 17.9 Å². The molecule has 1 amide bonds. The van der Waals surface area contributed by atoms with E-state index in [1.807, 2.05) is 32.9 Å². The summed E-state index contributed by atoms with van der Waals surface area (Å²) in [6, 6.07) is 10.2. The fourth-order valence-corrected chi connectivity index (χ4v) is 5.49. The van der Waals surface area contributed by atoms with Gasteiger partial charge in [-0.2, -0.15) is 9.78 Å². The minimum atomic E-state index is -4.04. The molecule has 0 unspecified atom stereocenters. The van der Waals surface area contributed by atoms with E-state index in [2.05, 4.69) is 15.1 Å². The molecule has 0 spiro atoms. The first-order valence-corrected chi connectivity index (χ1v) is 12.9. The third-order valence-electron chi connectivity index (χ3n) is 5.87. The Balaban J connectivity index is 1.87. The van der Waals surface area contributed by atoms with Gasteiger partial charge in [-0.25, -0.2) is 8.42 Å². The van der Waals surface area contributed by atoms with Gasteiger partial charge in [-0.05, 0) is 49.6 Å². The van der Waals surface area contributed by atoms with Crippen LogP contribution in [-0.2, 0) is 21.2 Å². The highest BCUT2D eigenvalue weighted by molar-refractivity contribution is 7.92. The van der Waals surface area contributed by atoms with Crippen LogP contribution in [0.1, 0.15) is 47.8 Å². The Morgan fingerprint density at radius 2 is 1.89 bits per heavy atom. The zero-order valence-corrected chi connectivity index (χ0v) is 21.0. The summed E-state index contributed by atoms with van der Waals surface area (Å²) in [5.41, 5.74) is 3.91. The Bertz CT molecular complexity index is 1430. The topological polar surface area (TPSA) is 119 Å². The van der Waals surface area contributed by atoms with Crippen molar-refractivity contribution < 1.29 is 22.7 Å².